The van der Waals surface area contributed by atoms with Crippen molar-refractivity contribution < 1.29 is 4.79 Å². The average Bonchev–Trinajstić information content (AvgIpc) is 3.10. The molecule has 25 heavy (non-hydrogen) atoms. The molecule has 1 amide bonds. The fraction of sp³-hybridized carbons (Fsp3) is 0.188. The van der Waals surface area contributed by atoms with Gasteiger partial charge in [-0.1, -0.05) is 40.9 Å². The first-order valence-corrected chi connectivity index (χ1v) is 8.51. The summed E-state index contributed by atoms with van der Waals surface area (Å²) >= 11 is 18.5. The SMILES string of the molecule is Cc1ccnn1CC(=O)Nc1nn(Cc2c(Cl)cccc2Cl)cc1Cl. The van der Waals surface area contributed by atoms with E-state index in [1.807, 2.05) is 13.0 Å². The van der Waals surface area contributed by atoms with Crippen molar-refractivity contribution in [3.05, 3.63) is 63.0 Å². The minimum atomic E-state index is -0.269. The van der Waals surface area contributed by atoms with E-state index in [2.05, 4.69) is 15.5 Å². The van der Waals surface area contributed by atoms with E-state index in [0.29, 0.717) is 21.6 Å². The summed E-state index contributed by atoms with van der Waals surface area (Å²) in [6.45, 7) is 2.29. The molecule has 3 rings (SSSR count). The van der Waals surface area contributed by atoms with Crippen molar-refractivity contribution in [1.82, 2.24) is 19.6 Å². The number of nitrogens with zero attached hydrogens (tertiary/aromatic N) is 4. The molecule has 2 heterocycles. The van der Waals surface area contributed by atoms with Crippen molar-refractivity contribution in [3.8, 4) is 0 Å². The highest BCUT2D eigenvalue weighted by atomic mass is 35.5. The zero-order valence-electron chi connectivity index (χ0n) is 13.2. The van der Waals surface area contributed by atoms with E-state index in [1.165, 1.54) is 0 Å². The lowest BCUT2D eigenvalue weighted by Crippen LogP contribution is -2.20. The molecule has 0 aliphatic carbocycles. The molecule has 0 radical (unpaired) electrons. The average molecular weight is 399 g/mol. The molecule has 0 unspecified atom stereocenters. The quantitative estimate of drug-likeness (QED) is 0.705. The third-order valence-electron chi connectivity index (χ3n) is 3.58. The van der Waals surface area contributed by atoms with Crippen molar-refractivity contribution in [3.63, 3.8) is 0 Å². The Balaban J connectivity index is 1.72. The maximum atomic E-state index is 12.1. The van der Waals surface area contributed by atoms with E-state index < -0.39 is 0 Å². The molecule has 1 aromatic carbocycles. The number of halogens is 3. The number of aromatic nitrogens is 4. The number of amides is 1. The standard InChI is InChI=1S/C16H14Cl3N5O/c1-10-5-6-20-24(10)9-15(25)21-16-14(19)8-23(22-16)7-11-12(17)3-2-4-13(11)18/h2-6,8H,7,9H2,1H3,(H,21,22,25). The fourth-order valence-electron chi connectivity index (χ4n) is 2.28. The van der Waals surface area contributed by atoms with Crippen LogP contribution in [0.15, 0.2) is 36.7 Å². The van der Waals surface area contributed by atoms with Crippen LogP contribution in [0.5, 0.6) is 0 Å². The van der Waals surface area contributed by atoms with Crippen LogP contribution in [0.2, 0.25) is 15.1 Å². The Bertz CT molecular complexity index is 898. The Morgan fingerprint density at radius 1 is 1.16 bits per heavy atom. The Kier molecular flexibility index (Phi) is 5.32. The minimum absolute atomic E-state index is 0.0817. The van der Waals surface area contributed by atoms with Crippen LogP contribution in [0, 0.1) is 6.92 Å². The number of hydrogen-bond donors (Lipinski definition) is 1. The van der Waals surface area contributed by atoms with Crippen LogP contribution in [0.25, 0.3) is 0 Å². The van der Waals surface area contributed by atoms with Gasteiger partial charge in [0.05, 0.1) is 6.54 Å². The van der Waals surface area contributed by atoms with E-state index in [0.717, 1.165) is 11.3 Å². The molecule has 0 saturated carbocycles. The summed E-state index contributed by atoms with van der Waals surface area (Å²) in [5.74, 6) is 0.00868. The van der Waals surface area contributed by atoms with E-state index in [-0.39, 0.29) is 18.3 Å². The molecule has 0 bridgehead atoms. The van der Waals surface area contributed by atoms with Gasteiger partial charge in [0.1, 0.15) is 11.6 Å². The van der Waals surface area contributed by atoms with Gasteiger partial charge in [-0.3, -0.25) is 14.2 Å². The fourth-order valence-corrected chi connectivity index (χ4v) is 2.99. The first kappa shape index (κ1) is 17.8. The van der Waals surface area contributed by atoms with Crippen LogP contribution >= 0.6 is 34.8 Å². The van der Waals surface area contributed by atoms with Gasteiger partial charge in [0.15, 0.2) is 5.82 Å². The van der Waals surface area contributed by atoms with Crippen molar-refractivity contribution >= 4 is 46.5 Å². The summed E-state index contributed by atoms with van der Waals surface area (Å²) in [5, 5.41) is 12.4. The van der Waals surface area contributed by atoms with Crippen LogP contribution in [0.3, 0.4) is 0 Å². The lowest BCUT2D eigenvalue weighted by molar-refractivity contribution is -0.117. The molecule has 9 heteroatoms. The van der Waals surface area contributed by atoms with Crippen LogP contribution in [0.4, 0.5) is 5.82 Å². The van der Waals surface area contributed by atoms with Gasteiger partial charge < -0.3 is 5.32 Å². The number of rotatable bonds is 5. The summed E-state index contributed by atoms with van der Waals surface area (Å²) in [6.07, 6.45) is 3.24. The number of carbonyl (C=O) groups is 1. The lowest BCUT2D eigenvalue weighted by Gasteiger charge is -2.07. The molecule has 130 valence electrons. The highest BCUT2D eigenvalue weighted by molar-refractivity contribution is 6.36. The Morgan fingerprint density at radius 3 is 2.52 bits per heavy atom. The number of anilines is 1. The highest BCUT2D eigenvalue weighted by Crippen LogP contribution is 2.26. The van der Waals surface area contributed by atoms with E-state index in [1.54, 1.807) is 40.0 Å². The second-order valence-electron chi connectivity index (χ2n) is 5.40. The van der Waals surface area contributed by atoms with Crippen LogP contribution < -0.4 is 5.32 Å². The van der Waals surface area contributed by atoms with Crippen molar-refractivity contribution in [2.24, 2.45) is 0 Å². The zero-order chi connectivity index (χ0) is 18.0. The van der Waals surface area contributed by atoms with Gasteiger partial charge >= 0.3 is 0 Å². The summed E-state index contributed by atoms with van der Waals surface area (Å²) in [6, 6.07) is 7.10. The normalized spacial score (nSPS) is 10.9. The number of benzene rings is 1. The van der Waals surface area contributed by atoms with Gasteiger partial charge in [0.2, 0.25) is 5.91 Å². The third-order valence-corrected chi connectivity index (χ3v) is 4.56. The highest BCUT2D eigenvalue weighted by Gasteiger charge is 2.14. The molecule has 2 aromatic heterocycles. The van der Waals surface area contributed by atoms with Gasteiger partial charge in [0.25, 0.3) is 0 Å². The van der Waals surface area contributed by atoms with E-state index >= 15 is 0 Å². The zero-order valence-corrected chi connectivity index (χ0v) is 15.5. The van der Waals surface area contributed by atoms with E-state index in [4.69, 9.17) is 34.8 Å². The van der Waals surface area contributed by atoms with Gasteiger partial charge in [0, 0.05) is 33.7 Å². The molecule has 3 aromatic rings. The largest absolute Gasteiger partial charge is 0.306 e. The molecule has 0 saturated heterocycles. The summed E-state index contributed by atoms with van der Waals surface area (Å²) in [7, 11) is 0. The molecule has 0 fully saturated rings. The lowest BCUT2D eigenvalue weighted by atomic mass is 10.2. The molecule has 6 nitrogen and oxygen atoms in total. The Labute approximate surface area is 159 Å². The molecular formula is C16H14Cl3N5O. The maximum Gasteiger partial charge on any atom is 0.247 e. The smallest absolute Gasteiger partial charge is 0.247 e. The number of aryl methyl sites for hydroxylation is 1. The number of carbonyl (C=O) groups excluding carboxylic acids is 1. The Morgan fingerprint density at radius 2 is 1.88 bits per heavy atom. The second-order valence-corrected chi connectivity index (χ2v) is 6.62. The molecule has 0 atom stereocenters. The Hall–Kier alpha value is -2.02. The van der Waals surface area contributed by atoms with Gasteiger partial charge in [-0.15, -0.1) is 0 Å². The van der Waals surface area contributed by atoms with Gasteiger partial charge in [-0.25, -0.2) is 0 Å². The van der Waals surface area contributed by atoms with Crippen LogP contribution in [0.1, 0.15) is 11.3 Å². The third kappa shape index (κ3) is 4.15. The predicted octanol–water partition coefficient (Wildman–Crippen LogP) is 4.04. The minimum Gasteiger partial charge on any atom is -0.306 e. The van der Waals surface area contributed by atoms with Crippen molar-refractivity contribution in [2.45, 2.75) is 20.0 Å². The van der Waals surface area contributed by atoms with Gasteiger partial charge in [-0.05, 0) is 25.1 Å². The summed E-state index contributed by atoms with van der Waals surface area (Å²) < 4.78 is 3.16. The topological polar surface area (TPSA) is 64.7 Å². The monoisotopic (exact) mass is 397 g/mol. The second kappa shape index (κ2) is 7.47. The first-order valence-electron chi connectivity index (χ1n) is 7.38. The van der Waals surface area contributed by atoms with Gasteiger partial charge in [-0.2, -0.15) is 10.2 Å². The van der Waals surface area contributed by atoms with Crippen LogP contribution in [-0.4, -0.2) is 25.5 Å². The predicted molar refractivity (Wildman–Crippen MR) is 98.4 cm³/mol. The van der Waals surface area contributed by atoms with Crippen molar-refractivity contribution in [1.29, 1.82) is 0 Å². The number of nitrogens with one attached hydrogen (secondary N) is 1. The molecular weight excluding hydrogens is 385 g/mol. The number of hydrogen-bond acceptors (Lipinski definition) is 3. The molecule has 0 spiro atoms. The summed E-state index contributed by atoms with van der Waals surface area (Å²) in [5.41, 5.74) is 1.62. The molecule has 0 aliphatic rings. The molecule has 1 N–H and O–H groups in total. The maximum absolute atomic E-state index is 12.1. The summed E-state index contributed by atoms with van der Waals surface area (Å²) in [4.78, 5) is 12.1. The van der Waals surface area contributed by atoms with Crippen LogP contribution in [-0.2, 0) is 17.9 Å². The first-order chi connectivity index (χ1) is 11.9. The molecule has 0 aliphatic heterocycles. The van der Waals surface area contributed by atoms with Crippen molar-refractivity contribution in [2.75, 3.05) is 5.32 Å². The van der Waals surface area contributed by atoms with E-state index in [9.17, 15) is 4.79 Å².